The van der Waals surface area contributed by atoms with Crippen LogP contribution >= 0.6 is 0 Å². The van der Waals surface area contributed by atoms with Crippen LogP contribution in [0.15, 0.2) is 35.9 Å². The van der Waals surface area contributed by atoms with E-state index in [1.165, 1.54) is 20.3 Å². The minimum Gasteiger partial charge on any atom is -0.493 e. The Morgan fingerprint density at radius 3 is 2.27 bits per heavy atom. The number of nitrogens with one attached hydrogen (secondary N) is 1. The zero-order valence-electron chi connectivity index (χ0n) is 13.4. The molecule has 122 valence electrons. The van der Waals surface area contributed by atoms with Crippen molar-refractivity contribution >= 4 is 12.3 Å². The number of ether oxygens (including phenoxy) is 2. The highest BCUT2D eigenvalue weighted by Gasteiger charge is 2.26. The summed E-state index contributed by atoms with van der Waals surface area (Å²) in [5, 5.41) is 2.58. The van der Waals surface area contributed by atoms with Crippen LogP contribution in [0.1, 0.15) is 19.8 Å². The van der Waals surface area contributed by atoms with Crippen molar-refractivity contribution in [3.8, 4) is 0 Å². The first kappa shape index (κ1) is 17.8. The molecule has 0 aliphatic carbocycles. The molecule has 1 rings (SSSR count). The van der Waals surface area contributed by atoms with E-state index in [-0.39, 0.29) is 5.91 Å². The Bertz CT molecular complexity index is 477. The molecular formula is C16H24N2O4. The van der Waals surface area contributed by atoms with Gasteiger partial charge in [-0.15, -0.1) is 0 Å². The number of methoxy groups -OCH3 is 2. The minimum atomic E-state index is -0.476. The van der Waals surface area contributed by atoms with Gasteiger partial charge in [0.15, 0.2) is 11.5 Å². The molecule has 1 aliphatic heterocycles. The van der Waals surface area contributed by atoms with E-state index in [0.29, 0.717) is 23.6 Å². The number of hydrogen-bond donors (Lipinski definition) is 1. The van der Waals surface area contributed by atoms with Crippen LogP contribution in [0.25, 0.3) is 0 Å². The van der Waals surface area contributed by atoms with Gasteiger partial charge in [0, 0.05) is 24.9 Å². The Balaban J connectivity index is 3.06. The molecule has 0 aromatic carbocycles. The molecule has 1 heterocycles. The maximum atomic E-state index is 12.5. The number of carbonyl (C=O) groups excluding carboxylic acids is 2. The second-order valence-corrected chi connectivity index (χ2v) is 4.96. The van der Waals surface area contributed by atoms with Gasteiger partial charge in [-0.25, -0.2) is 0 Å². The summed E-state index contributed by atoms with van der Waals surface area (Å²) in [5.74, 6) is 0.332. The first-order chi connectivity index (χ1) is 10.6. The molecule has 6 nitrogen and oxygen atoms in total. The van der Waals surface area contributed by atoms with Crippen molar-refractivity contribution in [3.05, 3.63) is 35.9 Å². The summed E-state index contributed by atoms with van der Waals surface area (Å²) >= 11 is 0. The van der Waals surface area contributed by atoms with Crippen LogP contribution in [0.2, 0.25) is 0 Å². The highest BCUT2D eigenvalue weighted by atomic mass is 16.5. The number of likely N-dealkylation sites (tertiary alicyclic amines) is 1. The van der Waals surface area contributed by atoms with E-state index in [1.807, 2.05) is 4.90 Å². The number of amides is 2. The summed E-state index contributed by atoms with van der Waals surface area (Å²) in [6.45, 7) is 6.93. The predicted molar refractivity (Wildman–Crippen MR) is 83.5 cm³/mol. The Kier molecular flexibility index (Phi) is 7.22. The molecule has 1 saturated heterocycles. The molecule has 0 bridgehead atoms. The molecule has 1 unspecified atom stereocenters. The van der Waals surface area contributed by atoms with Gasteiger partial charge in [0.25, 0.3) is 0 Å². The second-order valence-electron chi connectivity index (χ2n) is 4.96. The number of rotatable bonds is 8. The van der Waals surface area contributed by atoms with Gasteiger partial charge in [-0.2, -0.15) is 0 Å². The van der Waals surface area contributed by atoms with E-state index >= 15 is 0 Å². The number of allylic oxidation sites excluding steroid dienone is 2. The lowest BCUT2D eigenvalue weighted by atomic mass is 10.0. The van der Waals surface area contributed by atoms with Crippen molar-refractivity contribution in [1.29, 1.82) is 0 Å². The lowest BCUT2D eigenvalue weighted by Gasteiger charge is -2.22. The van der Waals surface area contributed by atoms with Crippen LogP contribution in [-0.2, 0) is 19.1 Å². The van der Waals surface area contributed by atoms with E-state index in [1.54, 1.807) is 13.0 Å². The summed E-state index contributed by atoms with van der Waals surface area (Å²) in [4.78, 5) is 25.1. The van der Waals surface area contributed by atoms with Crippen LogP contribution < -0.4 is 5.32 Å². The second kappa shape index (κ2) is 8.92. The number of carbonyl (C=O) groups is 2. The molecule has 0 saturated carbocycles. The number of hydrogen-bond acceptors (Lipinski definition) is 4. The Labute approximate surface area is 131 Å². The normalized spacial score (nSPS) is 17.4. The highest BCUT2D eigenvalue weighted by molar-refractivity contribution is 5.82. The maximum Gasteiger partial charge on any atom is 0.231 e. The molecule has 1 N–H and O–H groups in total. The Morgan fingerprint density at radius 1 is 1.23 bits per heavy atom. The lowest BCUT2D eigenvalue weighted by molar-refractivity contribution is -0.132. The third-order valence-corrected chi connectivity index (χ3v) is 3.63. The van der Waals surface area contributed by atoms with Gasteiger partial charge >= 0.3 is 0 Å². The van der Waals surface area contributed by atoms with Gasteiger partial charge in [0.2, 0.25) is 12.3 Å². The monoisotopic (exact) mass is 308 g/mol. The molecule has 0 radical (unpaired) electrons. The van der Waals surface area contributed by atoms with Crippen molar-refractivity contribution in [1.82, 2.24) is 10.2 Å². The molecule has 1 fully saturated rings. The zero-order valence-corrected chi connectivity index (χ0v) is 13.4. The molecule has 6 heteroatoms. The van der Waals surface area contributed by atoms with Gasteiger partial charge in [0.05, 0.1) is 20.1 Å². The quantitative estimate of drug-likeness (QED) is 0.420. The summed E-state index contributed by atoms with van der Waals surface area (Å²) in [6, 6.07) is 0. The maximum absolute atomic E-state index is 12.5. The van der Waals surface area contributed by atoms with E-state index in [4.69, 9.17) is 9.47 Å². The van der Waals surface area contributed by atoms with E-state index in [9.17, 15) is 9.59 Å². The van der Waals surface area contributed by atoms with Crippen molar-refractivity contribution in [2.75, 3.05) is 27.3 Å². The number of nitrogens with zero attached hydrogens (tertiary/aromatic N) is 1. The molecule has 0 spiro atoms. The lowest BCUT2D eigenvalue weighted by Crippen LogP contribution is -2.36. The average Bonchev–Trinajstić information content (AvgIpc) is 3.07. The van der Waals surface area contributed by atoms with Crippen LogP contribution in [0, 0.1) is 5.92 Å². The van der Waals surface area contributed by atoms with Crippen LogP contribution in [0.5, 0.6) is 0 Å². The van der Waals surface area contributed by atoms with Crippen molar-refractivity contribution in [2.24, 2.45) is 5.92 Å². The Morgan fingerprint density at radius 2 is 1.82 bits per heavy atom. The summed E-state index contributed by atoms with van der Waals surface area (Å²) in [5.41, 5.74) is 0.458. The van der Waals surface area contributed by atoms with E-state index in [2.05, 4.69) is 11.9 Å². The van der Waals surface area contributed by atoms with Crippen molar-refractivity contribution in [2.45, 2.75) is 19.8 Å². The minimum absolute atomic E-state index is 0.00822. The highest BCUT2D eigenvalue weighted by Crippen LogP contribution is 2.19. The third-order valence-electron chi connectivity index (χ3n) is 3.63. The largest absolute Gasteiger partial charge is 0.493 e. The third kappa shape index (κ3) is 4.38. The molecule has 1 aliphatic rings. The van der Waals surface area contributed by atoms with Gasteiger partial charge in [0.1, 0.15) is 0 Å². The topological polar surface area (TPSA) is 67.9 Å². The molecule has 2 amide bonds. The fourth-order valence-corrected chi connectivity index (χ4v) is 2.36. The smallest absolute Gasteiger partial charge is 0.231 e. The molecule has 0 aromatic heterocycles. The SMILES string of the molecule is C=C/C(OC)=C(\C=C(\NC=O)C(C)C(=O)N1CCCC1)OC. The zero-order chi connectivity index (χ0) is 16.5. The van der Waals surface area contributed by atoms with Gasteiger partial charge in [-0.3, -0.25) is 9.59 Å². The average molecular weight is 308 g/mol. The van der Waals surface area contributed by atoms with E-state index in [0.717, 1.165) is 25.9 Å². The standard InChI is InChI=1S/C16H24N2O4/c1-5-14(21-3)15(22-4)10-13(17-11-19)12(2)16(20)18-8-6-7-9-18/h5,10-12H,1,6-9H2,2-4H3,(H,17,19)/b13-10+,15-14-. The summed E-state index contributed by atoms with van der Waals surface area (Å²) in [7, 11) is 2.98. The van der Waals surface area contributed by atoms with E-state index < -0.39 is 5.92 Å². The van der Waals surface area contributed by atoms with Crippen LogP contribution in [-0.4, -0.2) is 44.5 Å². The van der Waals surface area contributed by atoms with Gasteiger partial charge in [-0.05, 0) is 25.8 Å². The fraction of sp³-hybridized carbons (Fsp3) is 0.500. The molecule has 1 atom stereocenters. The first-order valence-corrected chi connectivity index (χ1v) is 7.24. The molecular weight excluding hydrogens is 284 g/mol. The molecule has 0 aromatic rings. The van der Waals surface area contributed by atoms with Gasteiger partial charge < -0.3 is 19.7 Å². The summed E-state index contributed by atoms with van der Waals surface area (Å²) < 4.78 is 10.4. The van der Waals surface area contributed by atoms with Crippen LogP contribution in [0.3, 0.4) is 0 Å². The predicted octanol–water partition coefficient (Wildman–Crippen LogP) is 1.57. The van der Waals surface area contributed by atoms with Crippen molar-refractivity contribution < 1.29 is 19.1 Å². The van der Waals surface area contributed by atoms with Crippen LogP contribution in [0.4, 0.5) is 0 Å². The van der Waals surface area contributed by atoms with Crippen molar-refractivity contribution in [3.63, 3.8) is 0 Å². The van der Waals surface area contributed by atoms with Gasteiger partial charge in [-0.1, -0.05) is 6.58 Å². The molecule has 22 heavy (non-hydrogen) atoms. The summed E-state index contributed by atoms with van der Waals surface area (Å²) in [6.07, 6.45) is 5.68. The Hall–Kier alpha value is -2.24. The first-order valence-electron chi connectivity index (χ1n) is 7.24. The fourth-order valence-electron chi connectivity index (χ4n) is 2.36.